The van der Waals surface area contributed by atoms with Gasteiger partial charge in [0.2, 0.25) is 0 Å². The minimum absolute atomic E-state index is 0.125. The Bertz CT molecular complexity index is 401. The average Bonchev–Trinajstić information content (AvgIpc) is 2.53. The fourth-order valence-electron chi connectivity index (χ4n) is 2.20. The topological polar surface area (TPSA) is 78.3 Å². The first-order valence-electron chi connectivity index (χ1n) is 7.24. The molecular formula is C16H26N2O2. The van der Waals surface area contributed by atoms with Crippen LogP contribution in [0, 0.1) is 0 Å². The van der Waals surface area contributed by atoms with Crippen molar-refractivity contribution in [3.63, 3.8) is 0 Å². The maximum Gasteiger partial charge on any atom is 0.305 e. The maximum atomic E-state index is 11.2. The summed E-state index contributed by atoms with van der Waals surface area (Å²) in [7, 11) is 0. The number of unbranched alkanes of at least 4 members (excludes halogenated alkanes) is 2. The van der Waals surface area contributed by atoms with E-state index in [4.69, 9.17) is 16.2 Å². The Balaban J connectivity index is 2.33. The zero-order valence-corrected chi connectivity index (χ0v) is 12.3. The molecule has 0 aliphatic heterocycles. The van der Waals surface area contributed by atoms with Crippen LogP contribution in [0.3, 0.4) is 0 Å². The number of hydrogen-bond acceptors (Lipinski definition) is 4. The van der Waals surface area contributed by atoms with Crippen LogP contribution < -0.4 is 11.5 Å². The lowest BCUT2D eigenvalue weighted by Crippen LogP contribution is -2.52. The average molecular weight is 278 g/mol. The van der Waals surface area contributed by atoms with E-state index in [1.807, 2.05) is 31.2 Å². The first kappa shape index (κ1) is 16.7. The lowest BCUT2D eigenvalue weighted by atomic mass is 9.86. The smallest absolute Gasteiger partial charge is 0.305 e. The highest BCUT2D eigenvalue weighted by molar-refractivity contribution is 5.69. The van der Waals surface area contributed by atoms with Crippen molar-refractivity contribution in [2.24, 2.45) is 11.5 Å². The molecule has 4 N–H and O–H groups in total. The van der Waals surface area contributed by atoms with Gasteiger partial charge < -0.3 is 16.2 Å². The van der Waals surface area contributed by atoms with Crippen LogP contribution in [0.15, 0.2) is 36.5 Å². The second-order valence-electron chi connectivity index (χ2n) is 5.27. The van der Waals surface area contributed by atoms with Crippen LogP contribution in [0.4, 0.5) is 0 Å². The minimum atomic E-state index is -0.528. The Morgan fingerprint density at radius 3 is 2.85 bits per heavy atom. The molecule has 0 amide bonds. The van der Waals surface area contributed by atoms with Gasteiger partial charge in [0.25, 0.3) is 0 Å². The third kappa shape index (κ3) is 5.31. The van der Waals surface area contributed by atoms with E-state index in [0.717, 1.165) is 31.3 Å². The highest BCUT2D eigenvalue weighted by Crippen LogP contribution is 2.22. The molecular weight excluding hydrogens is 252 g/mol. The summed E-state index contributed by atoms with van der Waals surface area (Å²) >= 11 is 0. The van der Waals surface area contributed by atoms with Crippen LogP contribution in [0.1, 0.15) is 39.0 Å². The molecule has 0 aromatic heterocycles. The monoisotopic (exact) mass is 278 g/mol. The van der Waals surface area contributed by atoms with Gasteiger partial charge in [-0.1, -0.05) is 43.7 Å². The number of hydrogen-bond donors (Lipinski definition) is 2. The van der Waals surface area contributed by atoms with Crippen molar-refractivity contribution in [2.45, 2.75) is 50.6 Å². The molecule has 0 saturated heterocycles. The zero-order valence-electron chi connectivity index (χ0n) is 12.3. The van der Waals surface area contributed by atoms with Crippen LogP contribution in [0.2, 0.25) is 0 Å². The van der Waals surface area contributed by atoms with Gasteiger partial charge in [-0.3, -0.25) is 4.79 Å². The summed E-state index contributed by atoms with van der Waals surface area (Å²) < 4.78 is 4.89. The van der Waals surface area contributed by atoms with Gasteiger partial charge in [-0.25, -0.2) is 0 Å². The van der Waals surface area contributed by atoms with Crippen LogP contribution >= 0.6 is 0 Å². The molecule has 0 saturated carbocycles. The second-order valence-corrected chi connectivity index (χ2v) is 5.27. The van der Waals surface area contributed by atoms with Crippen molar-refractivity contribution in [2.75, 3.05) is 6.61 Å². The second kappa shape index (κ2) is 8.02. The Morgan fingerprint density at radius 1 is 1.40 bits per heavy atom. The number of nitrogens with two attached hydrogens (primary N) is 2. The predicted octanol–water partition coefficient (Wildman–Crippen LogP) is 2.21. The molecule has 0 spiro atoms. The number of esters is 1. The first-order valence-corrected chi connectivity index (χ1v) is 7.24. The van der Waals surface area contributed by atoms with Gasteiger partial charge in [0, 0.05) is 12.5 Å². The van der Waals surface area contributed by atoms with E-state index in [1.165, 1.54) is 0 Å². The predicted molar refractivity (Wildman–Crippen MR) is 82.0 cm³/mol. The third-order valence-electron chi connectivity index (χ3n) is 3.54. The molecule has 1 aliphatic rings. The molecule has 4 nitrogen and oxygen atoms in total. The third-order valence-corrected chi connectivity index (χ3v) is 3.54. The van der Waals surface area contributed by atoms with Gasteiger partial charge >= 0.3 is 5.97 Å². The van der Waals surface area contributed by atoms with E-state index in [2.05, 4.69) is 6.58 Å². The van der Waals surface area contributed by atoms with Crippen molar-refractivity contribution >= 4 is 5.97 Å². The van der Waals surface area contributed by atoms with Crippen LogP contribution in [-0.2, 0) is 9.53 Å². The number of carbonyl (C=O) groups is 1. The fraction of sp³-hybridized carbons (Fsp3) is 0.562. The SMILES string of the molecule is C=C1C=CC(N)C(N)(CCCCCC(=O)OCC)C=C1. The maximum absolute atomic E-state index is 11.2. The van der Waals surface area contributed by atoms with Gasteiger partial charge in [0.05, 0.1) is 12.1 Å². The normalized spacial score (nSPS) is 25.6. The first-order chi connectivity index (χ1) is 9.48. The summed E-state index contributed by atoms with van der Waals surface area (Å²) in [6.45, 7) is 6.15. The molecule has 2 unspecified atom stereocenters. The standard InChI is InChI=1S/C16H26N2O2/c1-3-20-15(19)7-5-4-6-11-16(18)12-10-13(2)8-9-14(16)17/h8-10,12,14H,2-7,11,17-18H2,1H3. The number of ether oxygens (including phenoxy) is 1. The fourth-order valence-corrected chi connectivity index (χ4v) is 2.20. The molecule has 0 aromatic carbocycles. The molecule has 0 fully saturated rings. The summed E-state index contributed by atoms with van der Waals surface area (Å²) in [6, 6.07) is -0.206. The lowest BCUT2D eigenvalue weighted by molar-refractivity contribution is -0.143. The number of carbonyl (C=O) groups excluding carboxylic acids is 1. The van der Waals surface area contributed by atoms with Gasteiger partial charge in [0.1, 0.15) is 0 Å². The molecule has 4 heteroatoms. The molecule has 20 heavy (non-hydrogen) atoms. The summed E-state index contributed by atoms with van der Waals surface area (Å²) in [6.07, 6.45) is 11.7. The van der Waals surface area contributed by atoms with E-state index in [-0.39, 0.29) is 12.0 Å². The van der Waals surface area contributed by atoms with Gasteiger partial charge in [0.15, 0.2) is 0 Å². The molecule has 112 valence electrons. The van der Waals surface area contributed by atoms with E-state index in [9.17, 15) is 4.79 Å². The molecule has 0 bridgehead atoms. The minimum Gasteiger partial charge on any atom is -0.466 e. The number of rotatable bonds is 7. The molecule has 1 rings (SSSR count). The Kier molecular flexibility index (Phi) is 6.68. The van der Waals surface area contributed by atoms with Crippen LogP contribution in [0.25, 0.3) is 0 Å². The number of allylic oxidation sites excluding steroid dienone is 3. The summed E-state index contributed by atoms with van der Waals surface area (Å²) in [5, 5.41) is 0. The quantitative estimate of drug-likeness (QED) is 0.553. The molecule has 0 heterocycles. The van der Waals surface area contributed by atoms with Crippen LogP contribution in [-0.4, -0.2) is 24.2 Å². The highest BCUT2D eigenvalue weighted by atomic mass is 16.5. The van der Waals surface area contributed by atoms with Crippen molar-refractivity contribution in [3.05, 3.63) is 36.5 Å². The van der Waals surface area contributed by atoms with E-state index in [1.54, 1.807) is 0 Å². The molecule has 0 radical (unpaired) electrons. The Labute approximate surface area is 121 Å². The van der Waals surface area contributed by atoms with Crippen molar-refractivity contribution in [1.29, 1.82) is 0 Å². The van der Waals surface area contributed by atoms with Crippen molar-refractivity contribution in [1.82, 2.24) is 0 Å². The summed E-state index contributed by atoms with van der Waals surface area (Å²) in [5.74, 6) is -0.125. The molecule has 2 atom stereocenters. The summed E-state index contributed by atoms with van der Waals surface area (Å²) in [4.78, 5) is 11.2. The Morgan fingerprint density at radius 2 is 2.15 bits per heavy atom. The highest BCUT2D eigenvalue weighted by Gasteiger charge is 2.28. The van der Waals surface area contributed by atoms with Gasteiger partial charge in [-0.05, 0) is 25.3 Å². The lowest BCUT2D eigenvalue weighted by Gasteiger charge is -2.30. The van der Waals surface area contributed by atoms with Crippen molar-refractivity contribution in [3.8, 4) is 0 Å². The van der Waals surface area contributed by atoms with E-state index in [0.29, 0.717) is 13.0 Å². The zero-order chi connectivity index (χ0) is 15.0. The van der Waals surface area contributed by atoms with E-state index >= 15 is 0 Å². The largest absolute Gasteiger partial charge is 0.466 e. The van der Waals surface area contributed by atoms with Gasteiger partial charge in [-0.2, -0.15) is 0 Å². The van der Waals surface area contributed by atoms with Gasteiger partial charge in [-0.15, -0.1) is 0 Å². The Hall–Kier alpha value is -1.39. The summed E-state index contributed by atoms with van der Waals surface area (Å²) in [5.41, 5.74) is 12.8. The molecule has 0 aromatic rings. The molecule has 1 aliphatic carbocycles. The van der Waals surface area contributed by atoms with E-state index < -0.39 is 5.54 Å². The van der Waals surface area contributed by atoms with Crippen molar-refractivity contribution < 1.29 is 9.53 Å². The van der Waals surface area contributed by atoms with Crippen LogP contribution in [0.5, 0.6) is 0 Å².